The van der Waals surface area contributed by atoms with Gasteiger partial charge in [-0.3, -0.25) is 9.48 Å². The average Bonchev–Trinajstić information content (AvgIpc) is 3.04. The molecule has 0 saturated carbocycles. The van der Waals surface area contributed by atoms with Gasteiger partial charge in [-0.2, -0.15) is 9.40 Å². The highest BCUT2D eigenvalue weighted by atomic mass is 32.2. The van der Waals surface area contributed by atoms with Crippen LogP contribution in [0.2, 0.25) is 0 Å². The molecule has 2 atom stereocenters. The maximum absolute atomic E-state index is 12.8. The number of carboxylic acids is 1. The van der Waals surface area contributed by atoms with Gasteiger partial charge in [-0.15, -0.1) is 0 Å². The number of carbonyl (C=O) groups is 1. The summed E-state index contributed by atoms with van der Waals surface area (Å²) >= 11 is 0. The summed E-state index contributed by atoms with van der Waals surface area (Å²) in [6, 6.07) is 0.714. The van der Waals surface area contributed by atoms with Gasteiger partial charge < -0.3 is 9.84 Å². The Bertz CT molecular complexity index is 612. The highest BCUT2D eigenvalue weighted by molar-refractivity contribution is 7.89. The molecule has 0 radical (unpaired) electrons. The molecule has 0 aliphatic carbocycles. The molecule has 1 aromatic rings. The Labute approximate surface area is 123 Å². The van der Waals surface area contributed by atoms with Crippen molar-refractivity contribution in [2.24, 2.45) is 13.0 Å². The van der Waals surface area contributed by atoms with Gasteiger partial charge in [0.1, 0.15) is 0 Å². The van der Waals surface area contributed by atoms with E-state index in [4.69, 9.17) is 4.74 Å². The van der Waals surface area contributed by atoms with Gasteiger partial charge in [0.05, 0.1) is 31.4 Å². The Kier molecular flexibility index (Phi) is 4.64. The first-order valence-electron chi connectivity index (χ1n) is 6.70. The van der Waals surface area contributed by atoms with Crippen LogP contribution in [0, 0.1) is 5.92 Å². The second-order valence-electron chi connectivity index (χ2n) is 4.96. The number of nitrogens with zero attached hydrogens (tertiary/aromatic N) is 3. The van der Waals surface area contributed by atoms with Gasteiger partial charge in [-0.1, -0.05) is 6.92 Å². The van der Waals surface area contributed by atoms with Crippen molar-refractivity contribution in [3.63, 3.8) is 0 Å². The van der Waals surface area contributed by atoms with E-state index in [2.05, 4.69) is 5.10 Å². The molecule has 1 aromatic heterocycles. The number of hydrogen-bond donors (Lipinski definition) is 1. The third-order valence-electron chi connectivity index (χ3n) is 3.53. The van der Waals surface area contributed by atoms with Crippen molar-refractivity contribution < 1.29 is 23.1 Å². The van der Waals surface area contributed by atoms with Gasteiger partial charge in [0.15, 0.2) is 5.03 Å². The first-order valence-corrected chi connectivity index (χ1v) is 8.14. The van der Waals surface area contributed by atoms with E-state index >= 15 is 0 Å². The van der Waals surface area contributed by atoms with Crippen LogP contribution < -0.4 is 0 Å². The molecule has 118 valence electrons. The minimum atomic E-state index is -3.81. The summed E-state index contributed by atoms with van der Waals surface area (Å²) in [5.74, 6) is -1.89. The molecule has 1 aliphatic rings. The molecule has 0 aromatic carbocycles. The van der Waals surface area contributed by atoms with E-state index in [1.165, 1.54) is 28.3 Å². The van der Waals surface area contributed by atoms with Crippen LogP contribution in [0.3, 0.4) is 0 Å². The van der Waals surface area contributed by atoms with Gasteiger partial charge in [0.2, 0.25) is 0 Å². The van der Waals surface area contributed by atoms with E-state index in [-0.39, 0.29) is 24.8 Å². The molecule has 1 aliphatic heterocycles. The molecule has 21 heavy (non-hydrogen) atoms. The van der Waals surface area contributed by atoms with Gasteiger partial charge in [-0.25, -0.2) is 8.42 Å². The summed E-state index contributed by atoms with van der Waals surface area (Å²) in [6.07, 6.45) is 1.98. The van der Waals surface area contributed by atoms with Crippen LogP contribution >= 0.6 is 0 Å². The lowest BCUT2D eigenvalue weighted by atomic mass is 10.0. The Balaban J connectivity index is 2.39. The number of ether oxygens (including phenoxy) is 1. The van der Waals surface area contributed by atoms with E-state index in [0.717, 1.165) is 0 Å². The molecule has 1 N–H and O–H groups in total. The topological polar surface area (TPSA) is 102 Å². The first kappa shape index (κ1) is 15.9. The largest absolute Gasteiger partial charge is 0.481 e. The number of rotatable bonds is 6. The second-order valence-corrected chi connectivity index (χ2v) is 6.80. The van der Waals surface area contributed by atoms with E-state index in [1.54, 1.807) is 0 Å². The van der Waals surface area contributed by atoms with Crippen LogP contribution in [-0.4, -0.2) is 59.4 Å². The van der Waals surface area contributed by atoms with Crippen molar-refractivity contribution in [1.29, 1.82) is 0 Å². The lowest BCUT2D eigenvalue weighted by molar-refractivity contribution is -0.142. The van der Waals surface area contributed by atoms with Gasteiger partial charge >= 0.3 is 5.97 Å². The standard InChI is InChI=1S/C12H19N3O5S/c1-3-6-15(10-8-20-7-9(10)12(16)17)21(18,19)11-4-5-13-14(11)2/h4-5,9-10H,3,6-8H2,1-2H3,(H,16,17). The molecular weight excluding hydrogens is 298 g/mol. The quantitative estimate of drug-likeness (QED) is 0.787. The molecule has 0 bridgehead atoms. The van der Waals surface area contributed by atoms with Crippen LogP contribution in [0.25, 0.3) is 0 Å². The summed E-state index contributed by atoms with van der Waals surface area (Å²) in [5, 5.41) is 13.2. The summed E-state index contributed by atoms with van der Waals surface area (Å²) < 4.78 is 33.2. The Hall–Kier alpha value is -1.45. The van der Waals surface area contributed by atoms with Crippen LogP contribution in [0.5, 0.6) is 0 Å². The van der Waals surface area contributed by atoms with Crippen molar-refractivity contribution in [3.8, 4) is 0 Å². The third kappa shape index (κ3) is 2.94. The van der Waals surface area contributed by atoms with Gasteiger partial charge in [0, 0.05) is 13.6 Å². The fourth-order valence-corrected chi connectivity index (χ4v) is 4.32. The van der Waals surface area contributed by atoms with Crippen LogP contribution in [-0.2, 0) is 26.6 Å². The fraction of sp³-hybridized carbons (Fsp3) is 0.667. The number of aryl methyl sites for hydroxylation is 1. The summed E-state index contributed by atoms with van der Waals surface area (Å²) in [4.78, 5) is 11.3. The normalized spacial score (nSPS) is 22.8. The zero-order chi connectivity index (χ0) is 15.6. The maximum Gasteiger partial charge on any atom is 0.310 e. The Morgan fingerprint density at radius 1 is 1.57 bits per heavy atom. The van der Waals surface area contributed by atoms with Crippen LogP contribution in [0.1, 0.15) is 13.3 Å². The summed E-state index contributed by atoms with van der Waals surface area (Å²) in [7, 11) is -2.27. The molecule has 0 amide bonds. The second kappa shape index (κ2) is 6.12. The van der Waals surface area contributed by atoms with Crippen molar-refractivity contribution >= 4 is 16.0 Å². The van der Waals surface area contributed by atoms with Gasteiger partial charge in [0.25, 0.3) is 10.0 Å². The lowest BCUT2D eigenvalue weighted by Crippen LogP contribution is -2.47. The lowest BCUT2D eigenvalue weighted by Gasteiger charge is -2.29. The smallest absolute Gasteiger partial charge is 0.310 e. The van der Waals surface area contributed by atoms with Crippen LogP contribution in [0.4, 0.5) is 0 Å². The predicted molar refractivity (Wildman–Crippen MR) is 73.1 cm³/mol. The third-order valence-corrected chi connectivity index (χ3v) is 5.53. The zero-order valence-electron chi connectivity index (χ0n) is 12.0. The summed E-state index contributed by atoms with van der Waals surface area (Å²) in [5.41, 5.74) is 0. The zero-order valence-corrected chi connectivity index (χ0v) is 12.8. The first-order chi connectivity index (χ1) is 9.89. The van der Waals surface area contributed by atoms with Gasteiger partial charge in [-0.05, 0) is 12.5 Å². The van der Waals surface area contributed by atoms with Crippen molar-refractivity contribution in [3.05, 3.63) is 12.3 Å². The van der Waals surface area contributed by atoms with Crippen LogP contribution in [0.15, 0.2) is 17.3 Å². The maximum atomic E-state index is 12.8. The average molecular weight is 317 g/mol. The SMILES string of the molecule is CCCN(C1COCC1C(=O)O)S(=O)(=O)c1ccnn1C. The van der Waals surface area contributed by atoms with E-state index < -0.39 is 28.0 Å². The molecule has 1 saturated heterocycles. The Morgan fingerprint density at radius 3 is 2.81 bits per heavy atom. The highest BCUT2D eigenvalue weighted by Gasteiger charge is 2.43. The molecule has 2 heterocycles. The van der Waals surface area contributed by atoms with Crippen molar-refractivity contribution in [1.82, 2.24) is 14.1 Å². The molecule has 1 fully saturated rings. The molecule has 9 heteroatoms. The molecule has 2 rings (SSSR count). The number of hydrogen-bond acceptors (Lipinski definition) is 5. The number of aromatic nitrogens is 2. The number of aliphatic carboxylic acids is 1. The minimum absolute atomic E-state index is 0.0289. The molecule has 2 unspecified atom stereocenters. The molecule has 8 nitrogen and oxygen atoms in total. The van der Waals surface area contributed by atoms with Crippen molar-refractivity contribution in [2.45, 2.75) is 24.4 Å². The molecular formula is C12H19N3O5S. The van der Waals surface area contributed by atoms with Crippen molar-refractivity contribution in [2.75, 3.05) is 19.8 Å². The fourth-order valence-electron chi connectivity index (χ4n) is 2.48. The van der Waals surface area contributed by atoms with E-state index in [0.29, 0.717) is 6.42 Å². The number of sulfonamides is 1. The predicted octanol–water partition coefficient (Wildman–Crippen LogP) is -0.0796. The number of carboxylic acid groups (broad SMARTS) is 1. The molecule has 0 spiro atoms. The summed E-state index contributed by atoms with van der Waals surface area (Å²) in [6.45, 7) is 2.21. The van der Waals surface area contributed by atoms with E-state index in [1.807, 2.05) is 6.92 Å². The van der Waals surface area contributed by atoms with E-state index in [9.17, 15) is 18.3 Å². The minimum Gasteiger partial charge on any atom is -0.481 e. The highest BCUT2D eigenvalue weighted by Crippen LogP contribution is 2.26. The Morgan fingerprint density at radius 2 is 2.29 bits per heavy atom. The monoisotopic (exact) mass is 317 g/mol.